The Labute approximate surface area is 288 Å². The molecule has 0 bridgehead atoms. The molecule has 0 fully saturated rings. The highest BCUT2D eigenvalue weighted by Gasteiger charge is 2.26. The minimum absolute atomic E-state index is 0. The molecule has 2 aromatic carbocycles. The molecular formula is C33H52ClN5O7S. The molecule has 0 spiro atoms. The molecule has 4 amide bonds. The number of phenols is 1. The van der Waals surface area contributed by atoms with E-state index in [1.165, 1.54) is 11.8 Å². The molecule has 3 atom stereocenters. The molecule has 14 heteroatoms. The number of hydrogen-bond acceptors (Lipinski definition) is 8. The van der Waals surface area contributed by atoms with Gasteiger partial charge in [0.2, 0.25) is 23.6 Å². The van der Waals surface area contributed by atoms with Crippen molar-refractivity contribution in [3.63, 3.8) is 0 Å². The molecule has 0 radical (unpaired) electrons. The number of benzene rings is 2. The summed E-state index contributed by atoms with van der Waals surface area (Å²) in [5.74, 6) is -1.14. The van der Waals surface area contributed by atoms with E-state index in [1.807, 2.05) is 50.4 Å². The van der Waals surface area contributed by atoms with E-state index in [4.69, 9.17) is 10.8 Å². The van der Waals surface area contributed by atoms with Crippen molar-refractivity contribution in [2.24, 2.45) is 5.73 Å². The van der Waals surface area contributed by atoms with Crippen molar-refractivity contribution in [1.29, 1.82) is 0 Å². The fourth-order valence-corrected chi connectivity index (χ4v) is 5.38. The summed E-state index contributed by atoms with van der Waals surface area (Å²) in [6, 6.07) is 9.88. The number of carbonyl (C=O) groups is 4. The number of aliphatic hydroxyl groups is 1. The summed E-state index contributed by atoms with van der Waals surface area (Å²) < 4.78 is 0. The number of rotatable bonds is 20. The molecule has 0 aromatic heterocycles. The van der Waals surface area contributed by atoms with Gasteiger partial charge in [0.25, 0.3) is 0 Å². The lowest BCUT2D eigenvalue weighted by Crippen LogP contribution is -2.54. The van der Waals surface area contributed by atoms with E-state index in [2.05, 4.69) is 21.3 Å². The van der Waals surface area contributed by atoms with Crippen molar-refractivity contribution in [3.8, 4) is 5.75 Å². The van der Waals surface area contributed by atoms with Gasteiger partial charge in [0.1, 0.15) is 17.8 Å². The summed E-state index contributed by atoms with van der Waals surface area (Å²) in [6.07, 6.45) is 5.96. The Balaban J connectivity index is 0.0000106. The molecule has 0 aliphatic heterocycles. The fourth-order valence-electron chi connectivity index (χ4n) is 4.91. The van der Waals surface area contributed by atoms with Crippen LogP contribution in [-0.2, 0) is 32.0 Å². The van der Waals surface area contributed by atoms with Gasteiger partial charge in [-0.05, 0) is 85.9 Å². The van der Waals surface area contributed by atoms with Crippen LogP contribution >= 0.6 is 24.2 Å². The normalized spacial score (nSPS) is 12.4. The highest BCUT2D eigenvalue weighted by Crippen LogP contribution is 2.22. The van der Waals surface area contributed by atoms with Gasteiger partial charge in [-0.2, -0.15) is 11.8 Å². The second-order valence-electron chi connectivity index (χ2n) is 11.2. The lowest BCUT2D eigenvalue weighted by atomic mass is 9.96. The Kier molecular flexibility index (Phi) is 22.2. The maximum Gasteiger partial charge on any atom is 0.243 e. The average Bonchev–Trinajstić information content (AvgIpc) is 3.01. The zero-order valence-electron chi connectivity index (χ0n) is 27.5. The van der Waals surface area contributed by atoms with E-state index in [1.54, 1.807) is 12.1 Å². The second kappa shape index (κ2) is 23.9. The number of aromatic hydroxyl groups is 1. The number of phenolic OH excluding ortho intramolecular Hbond substituents is 1. The van der Waals surface area contributed by atoms with E-state index in [-0.39, 0.29) is 55.5 Å². The van der Waals surface area contributed by atoms with Crippen molar-refractivity contribution >= 4 is 47.8 Å². The van der Waals surface area contributed by atoms with Crippen molar-refractivity contribution < 1.29 is 34.9 Å². The minimum Gasteiger partial charge on any atom is -0.508 e. The third-order valence-electron chi connectivity index (χ3n) is 7.43. The molecule has 0 heterocycles. The topological polar surface area (TPSA) is 214 Å². The van der Waals surface area contributed by atoms with Gasteiger partial charge >= 0.3 is 0 Å². The molecule has 0 aliphatic rings. The van der Waals surface area contributed by atoms with Crippen LogP contribution in [0.25, 0.3) is 0 Å². The summed E-state index contributed by atoms with van der Waals surface area (Å²) >= 11 is 1.52. The van der Waals surface area contributed by atoms with Gasteiger partial charge in [-0.3, -0.25) is 19.2 Å². The Hall–Kier alpha value is -3.36. The third kappa shape index (κ3) is 16.3. The Morgan fingerprint density at radius 3 is 2.09 bits per heavy atom. The number of unbranched alkanes of at least 4 members (excludes halogenated alkanes) is 3. The van der Waals surface area contributed by atoms with Gasteiger partial charge in [-0.15, -0.1) is 12.4 Å². The zero-order chi connectivity index (χ0) is 33.2. The predicted molar refractivity (Wildman–Crippen MR) is 189 cm³/mol. The minimum atomic E-state index is -0.924. The third-order valence-corrected chi connectivity index (χ3v) is 8.07. The summed E-state index contributed by atoms with van der Waals surface area (Å²) in [4.78, 5) is 52.0. The second-order valence-corrected chi connectivity index (χ2v) is 12.2. The molecule has 0 saturated carbocycles. The van der Waals surface area contributed by atoms with Crippen LogP contribution in [0.5, 0.6) is 5.75 Å². The SMILES string of the molecule is CSCC[C@@H](NC(=O)[C@H](N)Cc1c(C)cc(O)cc1C)C(=O)NCC(=O)N[C@@H](Cc1ccccc1)C(=O)NCCCCCCO.Cl.O. The van der Waals surface area contributed by atoms with Gasteiger partial charge in [-0.1, -0.05) is 43.2 Å². The van der Waals surface area contributed by atoms with E-state index >= 15 is 0 Å². The van der Waals surface area contributed by atoms with E-state index in [0.717, 1.165) is 47.9 Å². The molecule has 10 N–H and O–H groups in total. The van der Waals surface area contributed by atoms with Crippen LogP contribution in [0, 0.1) is 13.8 Å². The maximum atomic E-state index is 13.1. The van der Waals surface area contributed by atoms with Crippen LogP contribution < -0.4 is 27.0 Å². The molecule has 12 nitrogen and oxygen atoms in total. The molecule has 47 heavy (non-hydrogen) atoms. The average molecular weight is 698 g/mol. The number of nitrogens with two attached hydrogens (primary N) is 1. The van der Waals surface area contributed by atoms with E-state index in [0.29, 0.717) is 18.7 Å². The number of aliphatic hydroxyl groups excluding tert-OH is 1. The monoisotopic (exact) mass is 697 g/mol. The molecule has 0 aliphatic carbocycles. The van der Waals surface area contributed by atoms with Crippen molar-refractivity contribution in [2.45, 2.75) is 76.9 Å². The number of nitrogens with one attached hydrogen (secondary N) is 4. The Morgan fingerprint density at radius 2 is 1.47 bits per heavy atom. The van der Waals surface area contributed by atoms with E-state index in [9.17, 15) is 24.3 Å². The number of aryl methyl sites for hydroxylation is 2. The summed E-state index contributed by atoms with van der Waals surface area (Å²) in [5.41, 5.74) is 9.57. The van der Waals surface area contributed by atoms with Crippen LogP contribution in [-0.4, -0.2) is 89.1 Å². The smallest absolute Gasteiger partial charge is 0.243 e. The van der Waals surface area contributed by atoms with Gasteiger partial charge in [0, 0.05) is 19.6 Å². The Bertz CT molecular complexity index is 1230. The molecule has 264 valence electrons. The summed E-state index contributed by atoms with van der Waals surface area (Å²) in [6.45, 7) is 3.89. The molecule has 2 rings (SSSR count). The maximum absolute atomic E-state index is 13.1. The first-order chi connectivity index (χ1) is 21.5. The highest BCUT2D eigenvalue weighted by molar-refractivity contribution is 7.98. The van der Waals surface area contributed by atoms with E-state index < -0.39 is 35.8 Å². The van der Waals surface area contributed by atoms with Crippen LogP contribution in [0.2, 0.25) is 0 Å². The molecule has 0 saturated heterocycles. The van der Waals surface area contributed by atoms with Crippen LogP contribution in [0.1, 0.15) is 54.4 Å². The number of thioether (sulfide) groups is 1. The predicted octanol–water partition coefficient (Wildman–Crippen LogP) is 1.23. The van der Waals surface area contributed by atoms with Crippen molar-refractivity contribution in [2.75, 3.05) is 31.7 Å². The molecule has 2 aromatic rings. The number of hydrogen-bond donors (Lipinski definition) is 7. The standard InChI is InChI=1S/C33H49N5O6S.ClH.H2O/c1-22-17-25(40)18-23(2)26(22)20-27(34)31(42)38-28(13-16-45-3)32(43)36-21-30(41)37-29(19-24-11-7-6-8-12-24)33(44)35-14-9-4-5-10-15-39;;/h6-8,11-12,17-18,27-29,39-40H,4-5,9-10,13-16,19-21,34H2,1-3H3,(H,35,44)(H,36,43)(H,37,41)(H,38,42);1H;1H2/t27-,28-,29+;;/m1../s1. The van der Waals surface area contributed by atoms with Crippen LogP contribution in [0.4, 0.5) is 0 Å². The lowest BCUT2D eigenvalue weighted by Gasteiger charge is -2.22. The summed E-state index contributed by atoms with van der Waals surface area (Å²) in [5, 5.41) is 29.7. The quantitative estimate of drug-likeness (QED) is 0.0997. The van der Waals surface area contributed by atoms with Gasteiger partial charge < -0.3 is 42.7 Å². The fraction of sp³-hybridized carbons (Fsp3) is 0.515. The Morgan fingerprint density at radius 1 is 0.851 bits per heavy atom. The number of carbonyl (C=O) groups excluding carboxylic acids is 4. The van der Waals surface area contributed by atoms with Crippen LogP contribution in [0.15, 0.2) is 42.5 Å². The summed E-state index contributed by atoms with van der Waals surface area (Å²) in [7, 11) is 0. The van der Waals surface area contributed by atoms with Gasteiger partial charge in [-0.25, -0.2) is 0 Å². The van der Waals surface area contributed by atoms with Crippen molar-refractivity contribution in [3.05, 3.63) is 64.7 Å². The number of amides is 4. The lowest BCUT2D eigenvalue weighted by molar-refractivity contribution is -0.131. The van der Waals surface area contributed by atoms with Crippen LogP contribution in [0.3, 0.4) is 0 Å². The molecular weight excluding hydrogens is 646 g/mol. The van der Waals surface area contributed by atoms with Gasteiger partial charge in [0.15, 0.2) is 0 Å². The first-order valence-corrected chi connectivity index (χ1v) is 16.8. The largest absolute Gasteiger partial charge is 0.508 e. The van der Waals surface area contributed by atoms with Crippen molar-refractivity contribution in [1.82, 2.24) is 21.3 Å². The number of halogens is 1. The first-order valence-electron chi connectivity index (χ1n) is 15.4. The zero-order valence-corrected chi connectivity index (χ0v) is 29.1. The first kappa shape index (κ1) is 43.6. The highest BCUT2D eigenvalue weighted by atomic mass is 35.5. The van der Waals surface area contributed by atoms with Gasteiger partial charge in [0.05, 0.1) is 12.6 Å². The molecule has 0 unspecified atom stereocenters.